The molecule has 1 aliphatic heterocycles. The fourth-order valence-corrected chi connectivity index (χ4v) is 5.84. The highest BCUT2D eigenvalue weighted by Gasteiger charge is 2.32. The Morgan fingerprint density at radius 1 is 1.27 bits per heavy atom. The number of aromatic amines is 1. The first-order chi connectivity index (χ1) is 14.3. The third-order valence-corrected chi connectivity index (χ3v) is 7.59. The number of carbonyl (C=O) groups is 1. The zero-order valence-electron chi connectivity index (χ0n) is 17.3. The van der Waals surface area contributed by atoms with Gasteiger partial charge in [0.25, 0.3) is 0 Å². The van der Waals surface area contributed by atoms with Crippen LogP contribution in [0.1, 0.15) is 42.7 Å². The largest absolute Gasteiger partial charge is 0.361 e. The van der Waals surface area contributed by atoms with Gasteiger partial charge in [-0.05, 0) is 51.2 Å². The molecule has 0 radical (unpaired) electrons. The number of para-hydroxylation sites is 1. The van der Waals surface area contributed by atoms with Gasteiger partial charge in [0.15, 0.2) is 5.76 Å². The summed E-state index contributed by atoms with van der Waals surface area (Å²) in [6.07, 6.45) is 3.75. The molecule has 9 heteroatoms. The van der Waals surface area contributed by atoms with E-state index in [-0.39, 0.29) is 22.3 Å². The molecule has 0 bridgehead atoms. The van der Waals surface area contributed by atoms with Gasteiger partial charge in [0, 0.05) is 30.2 Å². The molecule has 30 heavy (non-hydrogen) atoms. The van der Waals surface area contributed by atoms with Crippen molar-refractivity contribution in [3.63, 3.8) is 0 Å². The van der Waals surface area contributed by atoms with E-state index in [4.69, 9.17) is 4.52 Å². The molecule has 2 aromatic heterocycles. The molecule has 0 unspecified atom stereocenters. The predicted molar refractivity (Wildman–Crippen MR) is 113 cm³/mol. The van der Waals surface area contributed by atoms with Crippen LogP contribution in [0.4, 0.5) is 0 Å². The Kier molecular flexibility index (Phi) is 5.42. The lowest BCUT2D eigenvalue weighted by molar-refractivity contribution is -0.133. The van der Waals surface area contributed by atoms with Crippen LogP contribution < -0.4 is 4.72 Å². The fraction of sp³-hybridized carbons (Fsp3) is 0.429. The Morgan fingerprint density at radius 3 is 2.63 bits per heavy atom. The fourth-order valence-electron chi connectivity index (χ4n) is 4.32. The van der Waals surface area contributed by atoms with Crippen molar-refractivity contribution in [1.29, 1.82) is 0 Å². The number of likely N-dealkylation sites (tertiary alicyclic amines) is 1. The van der Waals surface area contributed by atoms with Crippen LogP contribution in [0.3, 0.4) is 0 Å². The molecule has 1 aliphatic rings. The second-order valence-electron chi connectivity index (χ2n) is 7.89. The van der Waals surface area contributed by atoms with Crippen molar-refractivity contribution in [3.05, 3.63) is 47.5 Å². The number of carbonyl (C=O) groups excluding carboxylic acids is 1. The monoisotopic (exact) mass is 430 g/mol. The third kappa shape index (κ3) is 3.75. The minimum absolute atomic E-state index is 0.000180. The van der Waals surface area contributed by atoms with Crippen molar-refractivity contribution in [1.82, 2.24) is 19.8 Å². The molecule has 160 valence electrons. The van der Waals surface area contributed by atoms with E-state index in [9.17, 15) is 13.2 Å². The van der Waals surface area contributed by atoms with E-state index in [1.807, 2.05) is 12.1 Å². The average molecular weight is 431 g/mol. The van der Waals surface area contributed by atoms with Crippen LogP contribution in [-0.2, 0) is 14.8 Å². The summed E-state index contributed by atoms with van der Waals surface area (Å²) < 4.78 is 32.8. The highest BCUT2D eigenvalue weighted by Crippen LogP contribution is 2.33. The smallest absolute Gasteiger partial charge is 0.246 e. The molecule has 0 aliphatic carbocycles. The summed E-state index contributed by atoms with van der Waals surface area (Å²) in [7, 11) is -3.89. The van der Waals surface area contributed by atoms with Crippen LogP contribution in [0, 0.1) is 13.8 Å². The van der Waals surface area contributed by atoms with Gasteiger partial charge in [-0.2, -0.15) is 4.72 Å². The van der Waals surface area contributed by atoms with E-state index < -0.39 is 16.1 Å². The van der Waals surface area contributed by atoms with Crippen LogP contribution in [-0.4, -0.2) is 48.5 Å². The number of amides is 1. The first-order valence-electron chi connectivity index (χ1n) is 10.1. The van der Waals surface area contributed by atoms with Crippen molar-refractivity contribution >= 4 is 26.8 Å². The van der Waals surface area contributed by atoms with Gasteiger partial charge in [-0.25, -0.2) is 8.42 Å². The second-order valence-corrected chi connectivity index (χ2v) is 9.54. The van der Waals surface area contributed by atoms with Crippen LogP contribution >= 0.6 is 0 Å². The number of fused-ring (bicyclic) bond motifs is 1. The van der Waals surface area contributed by atoms with Gasteiger partial charge in [-0.3, -0.25) is 4.79 Å². The summed E-state index contributed by atoms with van der Waals surface area (Å²) in [6, 6.07) is 7.35. The maximum Gasteiger partial charge on any atom is 0.246 e. The molecule has 3 heterocycles. The Hall–Kier alpha value is -2.65. The molecule has 1 atom stereocenters. The van der Waals surface area contributed by atoms with Gasteiger partial charge in [0.1, 0.15) is 10.6 Å². The molecule has 1 fully saturated rings. The molecule has 1 saturated heterocycles. The van der Waals surface area contributed by atoms with Crippen molar-refractivity contribution in [2.45, 2.75) is 50.5 Å². The number of piperidine rings is 1. The van der Waals surface area contributed by atoms with E-state index >= 15 is 0 Å². The van der Waals surface area contributed by atoms with Gasteiger partial charge in [-0.1, -0.05) is 23.4 Å². The molecule has 3 aromatic rings. The van der Waals surface area contributed by atoms with Crippen molar-refractivity contribution in [2.24, 2.45) is 0 Å². The average Bonchev–Trinajstić information content (AvgIpc) is 3.30. The van der Waals surface area contributed by atoms with E-state index in [2.05, 4.69) is 33.2 Å². The number of H-pyrrole nitrogens is 1. The minimum atomic E-state index is -3.89. The van der Waals surface area contributed by atoms with Crippen LogP contribution in [0.15, 0.2) is 39.9 Å². The first-order valence-corrected chi connectivity index (χ1v) is 11.6. The number of aryl methyl sites for hydroxylation is 2. The highest BCUT2D eigenvalue weighted by molar-refractivity contribution is 7.89. The zero-order valence-corrected chi connectivity index (χ0v) is 18.1. The molecule has 1 aromatic carbocycles. The van der Waals surface area contributed by atoms with Crippen LogP contribution in [0.25, 0.3) is 10.9 Å². The Labute approximate surface area is 175 Å². The number of sulfonamides is 1. The number of hydrogen-bond acceptors (Lipinski definition) is 5. The number of benzene rings is 1. The van der Waals surface area contributed by atoms with E-state index in [1.165, 1.54) is 17.9 Å². The standard InChI is InChI=1S/C21H26N4O4S/c1-13-20(15(3)29-23-13)30(27,28)24-14(2)21(26)25-10-8-16(9-11-25)18-12-22-19-7-5-4-6-17(18)19/h4-7,12,14,16,22,24H,8-11H2,1-3H3/t14-/m0/s1. The van der Waals surface area contributed by atoms with Gasteiger partial charge < -0.3 is 14.4 Å². The maximum atomic E-state index is 12.9. The topological polar surface area (TPSA) is 108 Å². The molecule has 0 saturated carbocycles. The molecule has 0 spiro atoms. The summed E-state index contributed by atoms with van der Waals surface area (Å²) in [5, 5.41) is 4.91. The second kappa shape index (κ2) is 7.88. The molecule has 2 N–H and O–H groups in total. The summed E-state index contributed by atoms with van der Waals surface area (Å²) >= 11 is 0. The van der Waals surface area contributed by atoms with Gasteiger partial charge >= 0.3 is 0 Å². The predicted octanol–water partition coefficient (Wildman–Crippen LogP) is 2.85. The molecular formula is C21H26N4O4S. The molecular weight excluding hydrogens is 404 g/mol. The highest BCUT2D eigenvalue weighted by atomic mass is 32.2. The van der Waals surface area contributed by atoms with Crippen molar-refractivity contribution in [3.8, 4) is 0 Å². The van der Waals surface area contributed by atoms with E-state index in [0.717, 1.165) is 18.4 Å². The van der Waals surface area contributed by atoms with Gasteiger partial charge in [0.2, 0.25) is 15.9 Å². The van der Waals surface area contributed by atoms with Gasteiger partial charge in [-0.15, -0.1) is 0 Å². The van der Waals surface area contributed by atoms with Crippen molar-refractivity contribution < 1.29 is 17.7 Å². The number of nitrogens with one attached hydrogen (secondary N) is 2. The third-order valence-electron chi connectivity index (χ3n) is 5.81. The Bertz CT molecular complexity index is 1150. The number of hydrogen-bond donors (Lipinski definition) is 2. The summed E-state index contributed by atoms with van der Waals surface area (Å²) in [4.78, 5) is 17.9. The van der Waals surface area contributed by atoms with E-state index in [0.29, 0.717) is 19.0 Å². The summed E-state index contributed by atoms with van der Waals surface area (Å²) in [6.45, 7) is 5.87. The van der Waals surface area contributed by atoms with E-state index in [1.54, 1.807) is 18.7 Å². The molecule has 8 nitrogen and oxygen atoms in total. The Morgan fingerprint density at radius 2 is 1.97 bits per heavy atom. The quantitative estimate of drug-likeness (QED) is 0.647. The maximum absolute atomic E-state index is 12.9. The molecule has 1 amide bonds. The summed E-state index contributed by atoms with van der Waals surface area (Å²) in [5.74, 6) is 0.362. The minimum Gasteiger partial charge on any atom is -0.361 e. The van der Waals surface area contributed by atoms with Crippen LogP contribution in [0.5, 0.6) is 0 Å². The first kappa shape index (κ1) is 20.6. The summed E-state index contributed by atoms with van der Waals surface area (Å²) in [5.41, 5.74) is 2.68. The Balaban J connectivity index is 1.40. The lowest BCUT2D eigenvalue weighted by Gasteiger charge is -2.33. The number of nitrogens with zero attached hydrogens (tertiary/aromatic N) is 2. The SMILES string of the molecule is Cc1noc(C)c1S(=O)(=O)N[C@@H](C)C(=O)N1CCC(c2c[nH]c3ccccc23)CC1. The van der Waals surface area contributed by atoms with Crippen molar-refractivity contribution in [2.75, 3.05) is 13.1 Å². The molecule has 4 rings (SSSR count). The zero-order chi connectivity index (χ0) is 21.5. The lowest BCUT2D eigenvalue weighted by atomic mass is 9.89. The van der Waals surface area contributed by atoms with Gasteiger partial charge in [0.05, 0.1) is 6.04 Å². The van der Waals surface area contributed by atoms with Crippen LogP contribution in [0.2, 0.25) is 0 Å². The number of aromatic nitrogens is 2. The number of rotatable bonds is 5. The normalized spacial score (nSPS) is 16.8. The lowest BCUT2D eigenvalue weighted by Crippen LogP contribution is -2.49.